The van der Waals surface area contributed by atoms with E-state index in [4.69, 9.17) is 14.5 Å². The van der Waals surface area contributed by atoms with Gasteiger partial charge in [-0.15, -0.1) is 11.3 Å². The van der Waals surface area contributed by atoms with Crippen molar-refractivity contribution in [1.29, 1.82) is 0 Å². The Hall–Kier alpha value is -2.67. The fraction of sp³-hybridized carbons (Fsp3) is 0.350. The van der Waals surface area contributed by atoms with Crippen LogP contribution in [0.3, 0.4) is 0 Å². The molecule has 1 aliphatic carbocycles. The van der Waals surface area contributed by atoms with Crippen molar-refractivity contribution in [3.8, 4) is 22.1 Å². The first kappa shape index (κ1) is 17.7. The van der Waals surface area contributed by atoms with Gasteiger partial charge in [-0.1, -0.05) is 12.1 Å². The highest BCUT2D eigenvalue weighted by atomic mass is 32.1. The molecule has 1 aromatic carbocycles. The highest BCUT2D eigenvalue weighted by Crippen LogP contribution is 2.34. The first-order valence-corrected chi connectivity index (χ1v) is 9.95. The molecule has 0 unspecified atom stereocenters. The molecular weight excluding hydrogens is 362 g/mol. The summed E-state index contributed by atoms with van der Waals surface area (Å²) in [4.78, 5) is 16.7. The number of esters is 1. The molecule has 0 aliphatic heterocycles. The fourth-order valence-electron chi connectivity index (χ4n) is 2.79. The van der Waals surface area contributed by atoms with Gasteiger partial charge in [-0.25, -0.2) is 14.5 Å². The highest BCUT2D eigenvalue weighted by Gasteiger charge is 2.23. The zero-order valence-corrected chi connectivity index (χ0v) is 16.2. The van der Waals surface area contributed by atoms with Crippen LogP contribution < -0.4 is 4.74 Å². The molecule has 6 nitrogen and oxygen atoms in total. The van der Waals surface area contributed by atoms with E-state index >= 15 is 0 Å². The average molecular weight is 383 g/mol. The SMILES string of the molecule is CCOC(=O)c1cnn(-c2nc(-c3ccccc3OCC3CC3)cs2)c1C. The number of benzene rings is 1. The van der Waals surface area contributed by atoms with Crippen LogP contribution in [0.2, 0.25) is 0 Å². The number of hydrogen-bond acceptors (Lipinski definition) is 6. The van der Waals surface area contributed by atoms with Crippen LogP contribution in [0.15, 0.2) is 35.8 Å². The van der Waals surface area contributed by atoms with Crippen molar-refractivity contribution in [1.82, 2.24) is 14.8 Å². The maximum Gasteiger partial charge on any atom is 0.341 e. The molecular formula is C20H21N3O3S. The van der Waals surface area contributed by atoms with Gasteiger partial charge in [0.2, 0.25) is 5.13 Å². The Kier molecular flexibility index (Phi) is 4.94. The maximum absolute atomic E-state index is 12.0. The maximum atomic E-state index is 12.0. The smallest absolute Gasteiger partial charge is 0.341 e. The van der Waals surface area contributed by atoms with Gasteiger partial charge in [0.1, 0.15) is 11.3 Å². The van der Waals surface area contributed by atoms with E-state index in [-0.39, 0.29) is 5.97 Å². The van der Waals surface area contributed by atoms with Gasteiger partial charge in [-0.2, -0.15) is 5.10 Å². The number of nitrogens with zero attached hydrogens (tertiary/aromatic N) is 3. The fourth-order valence-corrected chi connectivity index (χ4v) is 3.62. The minimum absolute atomic E-state index is 0.336. The Balaban J connectivity index is 1.60. The quantitative estimate of drug-likeness (QED) is 0.570. The second-order valence-electron chi connectivity index (χ2n) is 6.54. The van der Waals surface area contributed by atoms with Crippen molar-refractivity contribution in [2.24, 2.45) is 5.92 Å². The number of aromatic nitrogens is 3. The van der Waals surface area contributed by atoms with Gasteiger partial charge in [-0.05, 0) is 44.7 Å². The molecule has 0 saturated heterocycles. The number of ether oxygens (including phenoxy) is 2. The summed E-state index contributed by atoms with van der Waals surface area (Å²) in [5, 5.41) is 7.01. The third-order valence-electron chi connectivity index (χ3n) is 4.51. The summed E-state index contributed by atoms with van der Waals surface area (Å²) in [6.07, 6.45) is 4.04. The van der Waals surface area contributed by atoms with E-state index in [0.29, 0.717) is 28.9 Å². The molecule has 0 spiro atoms. The van der Waals surface area contributed by atoms with Crippen molar-refractivity contribution >= 4 is 17.3 Å². The van der Waals surface area contributed by atoms with Gasteiger partial charge in [-0.3, -0.25) is 0 Å². The molecule has 1 fully saturated rings. The monoisotopic (exact) mass is 383 g/mol. The molecule has 1 saturated carbocycles. The zero-order valence-electron chi connectivity index (χ0n) is 15.3. The molecule has 0 atom stereocenters. The minimum atomic E-state index is -0.364. The number of carbonyl (C=O) groups excluding carboxylic acids is 1. The van der Waals surface area contributed by atoms with E-state index in [0.717, 1.165) is 23.6 Å². The van der Waals surface area contributed by atoms with E-state index in [1.165, 1.54) is 30.4 Å². The van der Waals surface area contributed by atoms with Crippen LogP contribution in [-0.4, -0.2) is 33.9 Å². The van der Waals surface area contributed by atoms with E-state index in [1.807, 2.05) is 36.6 Å². The summed E-state index contributed by atoms with van der Waals surface area (Å²) in [7, 11) is 0. The van der Waals surface area contributed by atoms with Crippen molar-refractivity contribution in [3.63, 3.8) is 0 Å². The molecule has 4 rings (SSSR count). The van der Waals surface area contributed by atoms with Gasteiger partial charge < -0.3 is 9.47 Å². The molecule has 3 aromatic rings. The van der Waals surface area contributed by atoms with Gasteiger partial charge in [0, 0.05) is 10.9 Å². The zero-order chi connectivity index (χ0) is 18.8. The summed E-state index contributed by atoms with van der Waals surface area (Å²) < 4.78 is 12.7. The number of carbonyl (C=O) groups is 1. The predicted octanol–water partition coefficient (Wildman–Crippen LogP) is 4.27. The molecule has 7 heteroatoms. The van der Waals surface area contributed by atoms with Crippen molar-refractivity contribution in [2.75, 3.05) is 13.2 Å². The normalized spacial score (nSPS) is 13.6. The van der Waals surface area contributed by atoms with Gasteiger partial charge in [0.25, 0.3) is 0 Å². The van der Waals surface area contributed by atoms with Crippen LogP contribution in [0, 0.1) is 12.8 Å². The van der Waals surface area contributed by atoms with Crippen LogP contribution in [-0.2, 0) is 4.74 Å². The topological polar surface area (TPSA) is 66.2 Å². The molecule has 27 heavy (non-hydrogen) atoms. The third-order valence-corrected chi connectivity index (χ3v) is 5.33. The number of thiazole rings is 1. The predicted molar refractivity (Wildman–Crippen MR) is 104 cm³/mol. The second-order valence-corrected chi connectivity index (χ2v) is 7.38. The van der Waals surface area contributed by atoms with E-state index in [9.17, 15) is 4.79 Å². The average Bonchev–Trinajstić information content (AvgIpc) is 3.24. The van der Waals surface area contributed by atoms with E-state index in [2.05, 4.69) is 5.10 Å². The Morgan fingerprint density at radius 2 is 2.15 bits per heavy atom. The lowest BCUT2D eigenvalue weighted by molar-refractivity contribution is 0.0525. The van der Waals surface area contributed by atoms with Crippen LogP contribution in [0.4, 0.5) is 0 Å². The lowest BCUT2D eigenvalue weighted by Crippen LogP contribution is -2.06. The molecule has 0 radical (unpaired) electrons. The van der Waals surface area contributed by atoms with Crippen LogP contribution in [0.5, 0.6) is 5.75 Å². The van der Waals surface area contributed by atoms with Gasteiger partial charge in [0.15, 0.2) is 0 Å². The molecule has 0 amide bonds. The first-order valence-electron chi connectivity index (χ1n) is 9.07. The van der Waals surface area contributed by atoms with Crippen LogP contribution in [0.1, 0.15) is 35.8 Å². The molecule has 2 heterocycles. The highest BCUT2D eigenvalue weighted by molar-refractivity contribution is 7.12. The van der Waals surface area contributed by atoms with E-state index in [1.54, 1.807) is 11.6 Å². The number of para-hydroxylation sites is 1. The largest absolute Gasteiger partial charge is 0.493 e. The third kappa shape index (κ3) is 3.73. The summed E-state index contributed by atoms with van der Waals surface area (Å²) in [5.41, 5.74) is 2.99. The molecule has 140 valence electrons. The molecule has 1 aliphatic rings. The number of rotatable bonds is 7. The summed E-state index contributed by atoms with van der Waals surface area (Å²) in [6.45, 7) is 4.72. The Labute approximate surface area is 161 Å². The van der Waals surface area contributed by atoms with Crippen LogP contribution in [0.25, 0.3) is 16.4 Å². The molecule has 2 aromatic heterocycles. The van der Waals surface area contributed by atoms with Gasteiger partial charge in [0.05, 0.1) is 30.8 Å². The summed E-state index contributed by atoms with van der Waals surface area (Å²) >= 11 is 1.48. The molecule has 0 N–H and O–H groups in total. The summed E-state index contributed by atoms with van der Waals surface area (Å²) in [6, 6.07) is 7.95. The Morgan fingerprint density at radius 3 is 2.93 bits per heavy atom. The standard InChI is InChI=1S/C20H21N3O3S/c1-3-25-19(24)16-10-21-23(13(16)2)20-22-17(12-27-20)15-6-4-5-7-18(15)26-11-14-8-9-14/h4-7,10,12,14H,3,8-9,11H2,1-2H3. The van der Waals surface area contributed by atoms with E-state index < -0.39 is 0 Å². The second kappa shape index (κ2) is 7.52. The number of hydrogen-bond donors (Lipinski definition) is 0. The van der Waals surface area contributed by atoms with Crippen molar-refractivity contribution in [3.05, 3.63) is 47.1 Å². The van der Waals surface area contributed by atoms with Gasteiger partial charge >= 0.3 is 5.97 Å². The molecule has 0 bridgehead atoms. The van der Waals surface area contributed by atoms with Crippen molar-refractivity contribution < 1.29 is 14.3 Å². The Bertz CT molecular complexity index is 959. The lowest BCUT2D eigenvalue weighted by Gasteiger charge is -2.09. The van der Waals surface area contributed by atoms with Crippen LogP contribution >= 0.6 is 11.3 Å². The Morgan fingerprint density at radius 1 is 1.33 bits per heavy atom. The first-order chi connectivity index (χ1) is 13.2. The lowest BCUT2D eigenvalue weighted by atomic mass is 10.1. The van der Waals surface area contributed by atoms with Crippen molar-refractivity contribution in [2.45, 2.75) is 26.7 Å². The minimum Gasteiger partial charge on any atom is -0.493 e. The summed E-state index contributed by atoms with van der Waals surface area (Å²) in [5.74, 6) is 1.18.